The van der Waals surface area contributed by atoms with Crippen molar-refractivity contribution in [1.82, 2.24) is 4.31 Å². The van der Waals surface area contributed by atoms with Crippen LogP contribution in [0.2, 0.25) is 5.02 Å². The van der Waals surface area contributed by atoms with E-state index in [1.165, 1.54) is 22.5 Å². The quantitative estimate of drug-likeness (QED) is 0.624. The van der Waals surface area contributed by atoms with E-state index in [0.717, 1.165) is 18.4 Å². The van der Waals surface area contributed by atoms with Crippen molar-refractivity contribution >= 4 is 39.2 Å². The van der Waals surface area contributed by atoms with Gasteiger partial charge in [-0.1, -0.05) is 37.6 Å². The van der Waals surface area contributed by atoms with E-state index < -0.39 is 28.5 Å². The van der Waals surface area contributed by atoms with Gasteiger partial charge in [-0.3, -0.25) is 4.79 Å². The first-order valence-corrected chi connectivity index (χ1v) is 11.9. The monoisotopic (exact) mass is 464 g/mol. The SMILES string of the molecule is CC(C)c1ccc(NC(=O)COC(=O)c2ccc(Cl)c(S(=O)(=O)N3CCCC3)c2)cc1. The fourth-order valence-electron chi connectivity index (χ4n) is 3.26. The molecular weight excluding hydrogens is 440 g/mol. The highest BCUT2D eigenvalue weighted by atomic mass is 35.5. The van der Waals surface area contributed by atoms with Crippen LogP contribution >= 0.6 is 11.6 Å². The summed E-state index contributed by atoms with van der Waals surface area (Å²) in [6.07, 6.45) is 1.57. The largest absolute Gasteiger partial charge is 0.452 e. The number of benzene rings is 2. The molecule has 166 valence electrons. The number of nitrogens with one attached hydrogen (secondary N) is 1. The van der Waals surface area contributed by atoms with E-state index in [1.54, 1.807) is 12.1 Å². The number of hydrogen-bond donors (Lipinski definition) is 1. The molecule has 0 aliphatic carbocycles. The standard InChI is InChI=1S/C22H25ClN2O5S/c1-15(2)16-5-8-18(9-6-16)24-21(26)14-30-22(27)17-7-10-19(23)20(13-17)31(28,29)25-11-3-4-12-25/h5-10,13,15H,3-4,11-12,14H2,1-2H3,(H,24,26). The number of nitrogens with zero attached hydrogens (tertiary/aromatic N) is 1. The van der Waals surface area contributed by atoms with Gasteiger partial charge in [-0.05, 0) is 54.7 Å². The van der Waals surface area contributed by atoms with Gasteiger partial charge in [0.25, 0.3) is 5.91 Å². The molecule has 1 heterocycles. The molecule has 9 heteroatoms. The maximum atomic E-state index is 12.8. The smallest absolute Gasteiger partial charge is 0.338 e. The van der Waals surface area contributed by atoms with Gasteiger partial charge in [0, 0.05) is 18.8 Å². The van der Waals surface area contributed by atoms with Crippen LogP contribution in [0.1, 0.15) is 48.5 Å². The van der Waals surface area contributed by atoms with Crippen molar-refractivity contribution in [3.8, 4) is 0 Å². The summed E-state index contributed by atoms with van der Waals surface area (Å²) < 4.78 is 32.0. The van der Waals surface area contributed by atoms with E-state index in [0.29, 0.717) is 24.7 Å². The minimum atomic E-state index is -3.79. The van der Waals surface area contributed by atoms with E-state index in [4.69, 9.17) is 16.3 Å². The average molecular weight is 465 g/mol. The number of ether oxygens (including phenoxy) is 1. The van der Waals surface area contributed by atoms with Crippen molar-refractivity contribution in [2.24, 2.45) is 0 Å². The predicted molar refractivity (Wildman–Crippen MR) is 119 cm³/mol. The van der Waals surface area contributed by atoms with Gasteiger partial charge >= 0.3 is 5.97 Å². The molecule has 2 aromatic carbocycles. The number of sulfonamides is 1. The zero-order valence-corrected chi connectivity index (χ0v) is 19.0. The lowest BCUT2D eigenvalue weighted by atomic mass is 10.0. The summed E-state index contributed by atoms with van der Waals surface area (Å²) in [6, 6.07) is 11.3. The van der Waals surface area contributed by atoms with Gasteiger partial charge in [0.05, 0.1) is 10.6 Å². The third-order valence-electron chi connectivity index (χ3n) is 5.05. The molecule has 0 atom stereocenters. The molecule has 1 fully saturated rings. The molecule has 2 aromatic rings. The third kappa shape index (κ3) is 5.64. The molecule has 1 aliphatic heterocycles. The molecule has 31 heavy (non-hydrogen) atoms. The van der Waals surface area contributed by atoms with Crippen molar-refractivity contribution in [2.75, 3.05) is 25.0 Å². The Labute approximate surface area is 187 Å². The zero-order valence-electron chi connectivity index (χ0n) is 17.4. The fourth-order valence-corrected chi connectivity index (χ4v) is 5.28. The zero-order chi connectivity index (χ0) is 22.6. The number of hydrogen-bond acceptors (Lipinski definition) is 5. The Morgan fingerprint density at radius 2 is 1.74 bits per heavy atom. The number of amides is 1. The van der Waals surface area contributed by atoms with Gasteiger partial charge in [0.15, 0.2) is 6.61 Å². The summed E-state index contributed by atoms with van der Waals surface area (Å²) in [5, 5.41) is 2.69. The number of carbonyl (C=O) groups is 2. The van der Waals surface area contributed by atoms with Crippen LogP contribution in [0.4, 0.5) is 5.69 Å². The summed E-state index contributed by atoms with van der Waals surface area (Å²) in [4.78, 5) is 24.3. The van der Waals surface area contributed by atoms with Crippen molar-refractivity contribution in [3.63, 3.8) is 0 Å². The van der Waals surface area contributed by atoms with Crippen LogP contribution in [-0.2, 0) is 19.6 Å². The van der Waals surface area contributed by atoms with Crippen LogP contribution in [0.5, 0.6) is 0 Å². The molecule has 0 aromatic heterocycles. The molecule has 1 amide bonds. The van der Waals surface area contributed by atoms with Crippen LogP contribution in [0, 0.1) is 0 Å². The van der Waals surface area contributed by atoms with Crippen LogP contribution in [0.25, 0.3) is 0 Å². The van der Waals surface area contributed by atoms with Crippen LogP contribution in [-0.4, -0.2) is 44.3 Å². The number of anilines is 1. The summed E-state index contributed by atoms with van der Waals surface area (Å²) >= 11 is 6.09. The van der Waals surface area contributed by atoms with Crippen molar-refractivity contribution in [1.29, 1.82) is 0 Å². The number of esters is 1. The first-order chi connectivity index (χ1) is 14.7. The molecule has 0 bridgehead atoms. The summed E-state index contributed by atoms with van der Waals surface area (Å²) in [5.41, 5.74) is 1.75. The summed E-state index contributed by atoms with van der Waals surface area (Å²) in [7, 11) is -3.79. The van der Waals surface area contributed by atoms with E-state index >= 15 is 0 Å². The first kappa shape index (κ1) is 23.2. The van der Waals surface area contributed by atoms with Crippen molar-refractivity contribution < 1.29 is 22.7 Å². The normalized spacial score (nSPS) is 14.6. The molecule has 7 nitrogen and oxygen atoms in total. The number of halogens is 1. The van der Waals surface area contributed by atoms with Crippen LogP contribution in [0.15, 0.2) is 47.4 Å². The van der Waals surface area contributed by atoms with E-state index in [1.807, 2.05) is 12.1 Å². The first-order valence-electron chi connectivity index (χ1n) is 10.0. The van der Waals surface area contributed by atoms with Crippen molar-refractivity contribution in [2.45, 2.75) is 37.5 Å². The van der Waals surface area contributed by atoms with E-state index in [2.05, 4.69) is 19.2 Å². The Kier molecular flexibility index (Phi) is 7.35. The minimum absolute atomic E-state index is 0.0104. The lowest BCUT2D eigenvalue weighted by Crippen LogP contribution is -2.28. The number of rotatable bonds is 7. The second-order valence-electron chi connectivity index (χ2n) is 7.66. The second-order valence-corrected chi connectivity index (χ2v) is 9.97. The number of carbonyl (C=O) groups excluding carboxylic acids is 2. The minimum Gasteiger partial charge on any atom is -0.452 e. The predicted octanol–water partition coefficient (Wildman–Crippen LogP) is 4.04. The molecule has 1 saturated heterocycles. The van der Waals surface area contributed by atoms with Gasteiger partial charge in [-0.15, -0.1) is 0 Å². The Morgan fingerprint density at radius 3 is 2.35 bits per heavy atom. The van der Waals surface area contributed by atoms with Gasteiger partial charge in [0.2, 0.25) is 10.0 Å². The van der Waals surface area contributed by atoms with Gasteiger partial charge < -0.3 is 10.1 Å². The summed E-state index contributed by atoms with van der Waals surface area (Å²) in [5.74, 6) is -0.923. The third-order valence-corrected chi connectivity index (χ3v) is 7.43. The molecule has 0 saturated carbocycles. The Bertz CT molecular complexity index is 1060. The highest BCUT2D eigenvalue weighted by Gasteiger charge is 2.30. The fraction of sp³-hybridized carbons (Fsp3) is 0.364. The highest BCUT2D eigenvalue weighted by Crippen LogP contribution is 2.28. The molecule has 3 rings (SSSR count). The van der Waals surface area contributed by atoms with Crippen LogP contribution < -0.4 is 5.32 Å². The molecule has 0 unspecified atom stereocenters. The molecule has 0 radical (unpaired) electrons. The average Bonchev–Trinajstić information content (AvgIpc) is 3.28. The van der Waals surface area contributed by atoms with Gasteiger partial charge in [-0.25, -0.2) is 13.2 Å². The maximum absolute atomic E-state index is 12.8. The maximum Gasteiger partial charge on any atom is 0.338 e. The van der Waals surface area contributed by atoms with E-state index in [-0.39, 0.29) is 15.5 Å². The van der Waals surface area contributed by atoms with Gasteiger partial charge in [0.1, 0.15) is 4.90 Å². The second kappa shape index (κ2) is 9.80. The lowest BCUT2D eigenvalue weighted by Gasteiger charge is -2.17. The molecular formula is C22H25ClN2O5S. The molecule has 0 spiro atoms. The Hall–Kier alpha value is -2.42. The highest BCUT2D eigenvalue weighted by molar-refractivity contribution is 7.89. The Balaban J connectivity index is 1.63. The van der Waals surface area contributed by atoms with E-state index in [9.17, 15) is 18.0 Å². The lowest BCUT2D eigenvalue weighted by molar-refractivity contribution is -0.119. The van der Waals surface area contributed by atoms with Crippen molar-refractivity contribution in [3.05, 3.63) is 58.6 Å². The molecule has 1 N–H and O–H groups in total. The van der Waals surface area contributed by atoms with Crippen LogP contribution in [0.3, 0.4) is 0 Å². The molecule has 1 aliphatic rings. The Morgan fingerprint density at radius 1 is 1.10 bits per heavy atom. The van der Waals surface area contributed by atoms with Gasteiger partial charge in [-0.2, -0.15) is 4.31 Å². The summed E-state index contributed by atoms with van der Waals surface area (Å²) in [6.45, 7) is 4.50. The topological polar surface area (TPSA) is 92.8 Å².